The van der Waals surface area contributed by atoms with Gasteiger partial charge in [0.1, 0.15) is 0 Å². The average Bonchev–Trinajstić information content (AvgIpc) is 2.97. The van der Waals surface area contributed by atoms with E-state index in [4.69, 9.17) is 4.52 Å². The van der Waals surface area contributed by atoms with Gasteiger partial charge in [0.05, 0.1) is 11.9 Å². The topological polar surface area (TPSA) is 68.0 Å². The molecule has 0 aliphatic heterocycles. The fourth-order valence-electron chi connectivity index (χ4n) is 1.90. The number of hydrogen-bond acceptors (Lipinski definition) is 5. The van der Waals surface area contributed by atoms with Crippen molar-refractivity contribution in [1.29, 1.82) is 0 Å². The van der Waals surface area contributed by atoms with Crippen LogP contribution in [-0.4, -0.2) is 16.0 Å². The van der Waals surface area contributed by atoms with Crippen molar-refractivity contribution in [3.05, 3.63) is 28.6 Å². The molecule has 6 heteroatoms. The predicted molar refractivity (Wildman–Crippen MR) is 63.2 cm³/mol. The number of aryl methyl sites for hydroxylation is 2. The monoisotopic (exact) mass is 249 g/mol. The van der Waals surface area contributed by atoms with Gasteiger partial charge in [0, 0.05) is 10.9 Å². The van der Waals surface area contributed by atoms with Gasteiger partial charge in [-0.1, -0.05) is 5.16 Å². The van der Waals surface area contributed by atoms with Crippen LogP contribution in [0.25, 0.3) is 0 Å². The number of nitrogens with zero attached hydrogens (tertiary/aromatic N) is 2. The van der Waals surface area contributed by atoms with Crippen LogP contribution < -0.4 is 5.32 Å². The highest BCUT2D eigenvalue weighted by Crippen LogP contribution is 2.29. The summed E-state index contributed by atoms with van der Waals surface area (Å²) in [4.78, 5) is 17.4. The summed E-state index contributed by atoms with van der Waals surface area (Å²) in [6.07, 6.45) is 5.94. The molecule has 1 aliphatic carbocycles. The Morgan fingerprint density at radius 2 is 2.29 bits per heavy atom. The van der Waals surface area contributed by atoms with Crippen LogP contribution in [0.4, 0.5) is 5.13 Å². The highest BCUT2D eigenvalue weighted by Gasteiger charge is 2.17. The van der Waals surface area contributed by atoms with Crippen molar-refractivity contribution in [3.63, 3.8) is 0 Å². The minimum Gasteiger partial charge on any atom is -0.351 e. The molecule has 5 nitrogen and oxygen atoms in total. The lowest BCUT2D eigenvalue weighted by atomic mass is 10.0. The van der Waals surface area contributed by atoms with Gasteiger partial charge in [-0.25, -0.2) is 4.98 Å². The molecule has 0 aromatic carbocycles. The summed E-state index contributed by atoms with van der Waals surface area (Å²) in [6.45, 7) is 0. The van der Waals surface area contributed by atoms with Crippen molar-refractivity contribution in [2.24, 2.45) is 0 Å². The summed E-state index contributed by atoms with van der Waals surface area (Å²) in [5, 5.41) is 6.88. The molecule has 2 aromatic rings. The molecule has 1 aliphatic rings. The van der Waals surface area contributed by atoms with E-state index in [1.165, 1.54) is 30.0 Å². The number of fused-ring (bicyclic) bond motifs is 1. The quantitative estimate of drug-likeness (QED) is 0.886. The van der Waals surface area contributed by atoms with E-state index in [1.54, 1.807) is 11.3 Å². The second kappa shape index (κ2) is 4.29. The smallest absolute Gasteiger partial charge is 0.296 e. The highest BCUT2D eigenvalue weighted by molar-refractivity contribution is 7.15. The average molecular weight is 249 g/mol. The van der Waals surface area contributed by atoms with E-state index in [-0.39, 0.29) is 11.7 Å². The van der Waals surface area contributed by atoms with Crippen LogP contribution in [0.15, 0.2) is 16.8 Å². The molecule has 2 heterocycles. The van der Waals surface area contributed by atoms with Crippen LogP contribution >= 0.6 is 11.3 Å². The van der Waals surface area contributed by atoms with Crippen LogP contribution in [0.5, 0.6) is 0 Å². The molecule has 0 saturated carbocycles. The zero-order chi connectivity index (χ0) is 11.7. The minimum atomic E-state index is -0.298. The van der Waals surface area contributed by atoms with Gasteiger partial charge in [0.25, 0.3) is 5.91 Å². The van der Waals surface area contributed by atoms with Crippen molar-refractivity contribution in [2.75, 3.05) is 5.32 Å². The first kappa shape index (κ1) is 10.5. The Hall–Kier alpha value is -1.69. The molecule has 0 unspecified atom stereocenters. The molecule has 88 valence electrons. The predicted octanol–water partition coefficient (Wildman–Crippen LogP) is 2.26. The highest BCUT2D eigenvalue weighted by atomic mass is 32.1. The Bertz CT molecular complexity index is 509. The first-order valence-corrected chi connectivity index (χ1v) is 6.35. The first-order chi connectivity index (χ1) is 8.33. The van der Waals surface area contributed by atoms with Gasteiger partial charge in [-0.05, 0) is 25.7 Å². The fourth-order valence-corrected chi connectivity index (χ4v) is 2.94. The van der Waals surface area contributed by atoms with E-state index in [0.29, 0.717) is 5.13 Å². The van der Waals surface area contributed by atoms with Crippen molar-refractivity contribution < 1.29 is 9.32 Å². The molecular formula is C11H11N3O2S. The number of anilines is 1. The Morgan fingerprint density at radius 1 is 1.41 bits per heavy atom. The SMILES string of the molecule is O=C(Nc1nc2c(s1)CCCC2)c1ccno1. The molecule has 17 heavy (non-hydrogen) atoms. The largest absolute Gasteiger partial charge is 0.351 e. The molecule has 0 spiro atoms. The molecule has 1 N–H and O–H groups in total. The van der Waals surface area contributed by atoms with Crippen LogP contribution in [0.1, 0.15) is 34.0 Å². The van der Waals surface area contributed by atoms with Crippen LogP contribution in [0.2, 0.25) is 0 Å². The van der Waals surface area contributed by atoms with Crippen molar-refractivity contribution in [1.82, 2.24) is 10.1 Å². The van der Waals surface area contributed by atoms with Gasteiger partial charge in [-0.15, -0.1) is 11.3 Å². The third-order valence-electron chi connectivity index (χ3n) is 2.73. The van der Waals surface area contributed by atoms with Crippen LogP contribution in [0.3, 0.4) is 0 Å². The third kappa shape index (κ3) is 2.08. The lowest BCUT2D eigenvalue weighted by Gasteiger charge is -2.06. The number of hydrogen-bond donors (Lipinski definition) is 1. The van der Waals surface area contributed by atoms with Gasteiger partial charge in [0.15, 0.2) is 5.13 Å². The maximum Gasteiger partial charge on any atom is 0.296 e. The molecule has 3 rings (SSSR count). The molecule has 0 radical (unpaired) electrons. The second-order valence-electron chi connectivity index (χ2n) is 3.93. The van der Waals surface area contributed by atoms with E-state index in [2.05, 4.69) is 15.5 Å². The molecule has 1 amide bonds. The van der Waals surface area contributed by atoms with E-state index in [0.717, 1.165) is 18.5 Å². The maximum absolute atomic E-state index is 11.7. The Balaban J connectivity index is 1.77. The summed E-state index contributed by atoms with van der Waals surface area (Å²) in [7, 11) is 0. The maximum atomic E-state index is 11.7. The Kier molecular flexibility index (Phi) is 2.64. The second-order valence-corrected chi connectivity index (χ2v) is 5.01. The number of amides is 1. The third-order valence-corrected chi connectivity index (χ3v) is 3.80. The molecule has 2 aromatic heterocycles. The van der Waals surface area contributed by atoms with Crippen molar-refractivity contribution in [2.45, 2.75) is 25.7 Å². The zero-order valence-electron chi connectivity index (χ0n) is 9.10. The molecular weight excluding hydrogens is 238 g/mol. The fraction of sp³-hybridized carbons (Fsp3) is 0.364. The van der Waals surface area contributed by atoms with Gasteiger partial charge in [-0.2, -0.15) is 0 Å². The van der Waals surface area contributed by atoms with Crippen molar-refractivity contribution >= 4 is 22.4 Å². The number of thiazole rings is 1. The number of aromatic nitrogens is 2. The van der Waals surface area contributed by atoms with E-state index in [1.807, 2.05) is 0 Å². The van der Waals surface area contributed by atoms with Crippen LogP contribution in [-0.2, 0) is 12.8 Å². The normalized spacial score (nSPS) is 14.4. The Labute approximate surface area is 102 Å². The van der Waals surface area contributed by atoms with E-state index < -0.39 is 0 Å². The molecule has 0 saturated heterocycles. The molecule has 0 bridgehead atoms. The summed E-state index contributed by atoms with van der Waals surface area (Å²) in [6, 6.07) is 1.53. The van der Waals surface area contributed by atoms with Gasteiger partial charge in [-0.3, -0.25) is 10.1 Å². The number of carbonyl (C=O) groups excluding carboxylic acids is 1. The summed E-state index contributed by atoms with van der Waals surface area (Å²) >= 11 is 1.56. The summed E-state index contributed by atoms with van der Waals surface area (Å²) in [5.41, 5.74) is 1.13. The zero-order valence-corrected chi connectivity index (χ0v) is 9.92. The number of carbonyl (C=O) groups is 1. The number of nitrogens with one attached hydrogen (secondary N) is 1. The van der Waals surface area contributed by atoms with Gasteiger partial charge >= 0.3 is 0 Å². The summed E-state index contributed by atoms with van der Waals surface area (Å²) < 4.78 is 4.78. The van der Waals surface area contributed by atoms with E-state index in [9.17, 15) is 4.79 Å². The van der Waals surface area contributed by atoms with Crippen molar-refractivity contribution in [3.8, 4) is 0 Å². The summed E-state index contributed by atoms with van der Waals surface area (Å²) in [5.74, 6) is -0.0910. The first-order valence-electron chi connectivity index (χ1n) is 5.53. The lowest BCUT2D eigenvalue weighted by molar-refractivity contribution is 0.0988. The van der Waals surface area contributed by atoms with Gasteiger partial charge in [0.2, 0.25) is 5.76 Å². The molecule has 0 fully saturated rings. The number of rotatable bonds is 2. The van der Waals surface area contributed by atoms with Crippen LogP contribution in [0, 0.1) is 0 Å². The molecule has 0 atom stereocenters. The minimum absolute atomic E-state index is 0.207. The Morgan fingerprint density at radius 3 is 3.06 bits per heavy atom. The van der Waals surface area contributed by atoms with E-state index >= 15 is 0 Å². The standard InChI is InChI=1S/C11H11N3O2S/c15-10(8-5-6-12-16-8)14-11-13-7-3-1-2-4-9(7)17-11/h5-6H,1-4H2,(H,13,14,15). The van der Waals surface area contributed by atoms with Gasteiger partial charge < -0.3 is 4.52 Å². The lowest BCUT2D eigenvalue weighted by Crippen LogP contribution is -2.10.